The van der Waals surface area contributed by atoms with E-state index in [-0.39, 0.29) is 35.2 Å². The molecule has 0 bridgehead atoms. The Morgan fingerprint density at radius 2 is 2.03 bits per heavy atom. The monoisotopic (exact) mass is 539 g/mol. The number of benzene rings is 1. The number of amides is 1. The van der Waals surface area contributed by atoms with Crippen LogP contribution in [0.2, 0.25) is 0 Å². The summed E-state index contributed by atoms with van der Waals surface area (Å²) in [6.45, 7) is 2.47. The van der Waals surface area contributed by atoms with Crippen molar-refractivity contribution in [2.75, 3.05) is 0 Å². The zero-order valence-electron chi connectivity index (χ0n) is 19.9. The third kappa shape index (κ3) is 6.93. The number of pyridine rings is 1. The van der Waals surface area contributed by atoms with E-state index in [1.807, 2.05) is 6.92 Å². The first-order valence-electron chi connectivity index (χ1n) is 11.2. The number of alkyl halides is 3. The number of aromatic hydroxyl groups is 1. The number of carbonyl (C=O) groups is 1. The standard InChI is InChI=1S/C24H25F4N5O3S/c1-14-3-8-21(33(14)37(36)19-6-4-18(25)5-7-19)23(35)32-11-16-9-20(31-13-22(16)34)17(10-29)12-30-15(2)24(26,27)28/h4-7,9-10,12-14,21,29,34H,3,8,11H2,1-2H3,(H,32,35)/b17-12+,29-10?,30-15+. The molecule has 1 fully saturated rings. The zero-order chi connectivity index (χ0) is 27.3. The van der Waals surface area contributed by atoms with Gasteiger partial charge in [-0.3, -0.25) is 14.8 Å². The molecular weight excluding hydrogens is 514 g/mol. The Bertz CT molecular complexity index is 1200. The van der Waals surface area contributed by atoms with Crippen molar-refractivity contribution in [1.82, 2.24) is 14.6 Å². The molecule has 1 aliphatic rings. The van der Waals surface area contributed by atoms with E-state index < -0.39 is 41.0 Å². The summed E-state index contributed by atoms with van der Waals surface area (Å²) in [5.41, 5.74) is -0.864. The van der Waals surface area contributed by atoms with Crippen LogP contribution in [0.5, 0.6) is 5.75 Å². The van der Waals surface area contributed by atoms with Gasteiger partial charge in [-0.15, -0.1) is 4.31 Å². The maximum absolute atomic E-state index is 13.3. The molecule has 3 atom stereocenters. The van der Waals surface area contributed by atoms with Gasteiger partial charge in [-0.05, 0) is 57.0 Å². The highest BCUT2D eigenvalue weighted by Gasteiger charge is 2.44. The Labute approximate surface area is 213 Å². The number of hydrogen-bond donors (Lipinski definition) is 3. The van der Waals surface area contributed by atoms with Gasteiger partial charge in [0.05, 0.1) is 29.3 Å². The van der Waals surface area contributed by atoms with Crippen molar-refractivity contribution in [2.45, 2.75) is 56.4 Å². The normalized spacial score (nSPS) is 20.1. The second kappa shape index (κ2) is 11.8. The van der Waals surface area contributed by atoms with Crippen molar-refractivity contribution < 1.29 is 32.0 Å². The lowest BCUT2D eigenvalue weighted by molar-refractivity contribution is -0.124. The molecule has 3 rings (SSSR count). The molecule has 3 N–H and O–H groups in total. The van der Waals surface area contributed by atoms with Gasteiger partial charge in [0.1, 0.15) is 23.3 Å². The van der Waals surface area contributed by atoms with E-state index in [0.717, 1.165) is 25.5 Å². The summed E-state index contributed by atoms with van der Waals surface area (Å²) in [4.78, 5) is 20.6. The largest absolute Gasteiger partial charge is 0.593 e. The molecule has 2 aromatic rings. The first kappa shape index (κ1) is 28.3. The number of rotatable bonds is 8. The van der Waals surface area contributed by atoms with E-state index in [9.17, 15) is 32.0 Å². The first-order valence-corrected chi connectivity index (χ1v) is 12.3. The average Bonchev–Trinajstić information content (AvgIpc) is 3.24. The summed E-state index contributed by atoms with van der Waals surface area (Å²) in [5, 5.41) is 20.4. The van der Waals surface area contributed by atoms with Gasteiger partial charge in [-0.25, -0.2) is 4.39 Å². The number of allylic oxidation sites excluding steroid dienone is 1. The lowest BCUT2D eigenvalue weighted by Gasteiger charge is -2.28. The second-order valence-electron chi connectivity index (χ2n) is 8.36. The van der Waals surface area contributed by atoms with Crippen LogP contribution in [0.3, 0.4) is 0 Å². The quantitative estimate of drug-likeness (QED) is 0.264. The fraction of sp³-hybridized carbons (Fsp3) is 0.333. The van der Waals surface area contributed by atoms with Gasteiger partial charge in [-0.1, -0.05) is 0 Å². The van der Waals surface area contributed by atoms with Crippen LogP contribution in [0.1, 0.15) is 37.9 Å². The maximum atomic E-state index is 13.3. The number of carbonyl (C=O) groups excluding carboxylic acids is 1. The number of nitrogens with one attached hydrogen (secondary N) is 2. The van der Waals surface area contributed by atoms with Gasteiger partial charge >= 0.3 is 6.18 Å². The summed E-state index contributed by atoms with van der Waals surface area (Å²) in [6.07, 6.45) is -0.890. The number of hydrogen-bond acceptors (Lipinski definition) is 7. The van der Waals surface area contributed by atoms with Crippen molar-refractivity contribution >= 4 is 34.8 Å². The fourth-order valence-electron chi connectivity index (χ4n) is 3.67. The van der Waals surface area contributed by atoms with E-state index in [1.54, 1.807) is 4.31 Å². The van der Waals surface area contributed by atoms with E-state index in [0.29, 0.717) is 17.7 Å². The van der Waals surface area contributed by atoms with Crippen LogP contribution in [0.25, 0.3) is 5.57 Å². The van der Waals surface area contributed by atoms with Gasteiger partial charge in [0.25, 0.3) is 0 Å². The number of aliphatic imine (C=N–C) groups is 1. The summed E-state index contributed by atoms with van der Waals surface area (Å²) in [7, 11) is 0. The molecule has 1 aromatic heterocycles. The summed E-state index contributed by atoms with van der Waals surface area (Å²) >= 11 is -1.70. The Kier molecular flexibility index (Phi) is 9.05. The third-order valence-corrected chi connectivity index (χ3v) is 7.46. The predicted octanol–water partition coefficient (Wildman–Crippen LogP) is 4.13. The Hall–Kier alpha value is -3.29. The van der Waals surface area contributed by atoms with E-state index in [1.165, 1.54) is 30.3 Å². The van der Waals surface area contributed by atoms with Crippen LogP contribution >= 0.6 is 0 Å². The van der Waals surface area contributed by atoms with Crippen molar-refractivity contribution in [3.63, 3.8) is 0 Å². The highest BCUT2D eigenvalue weighted by atomic mass is 32.2. The molecule has 198 valence electrons. The van der Waals surface area contributed by atoms with E-state index >= 15 is 0 Å². The highest BCUT2D eigenvalue weighted by Crippen LogP contribution is 2.31. The Balaban J connectivity index is 1.75. The molecule has 3 unspecified atom stereocenters. The minimum absolute atomic E-state index is 0.0401. The molecule has 1 aromatic carbocycles. The molecule has 0 aliphatic carbocycles. The number of halogens is 4. The molecule has 0 spiro atoms. The predicted molar refractivity (Wildman–Crippen MR) is 131 cm³/mol. The van der Waals surface area contributed by atoms with Crippen LogP contribution in [-0.4, -0.2) is 55.0 Å². The smallest absolute Gasteiger partial charge is 0.429 e. The molecule has 8 nitrogen and oxygen atoms in total. The van der Waals surface area contributed by atoms with Gasteiger partial charge in [-0.2, -0.15) is 13.2 Å². The van der Waals surface area contributed by atoms with E-state index in [4.69, 9.17) is 5.41 Å². The van der Waals surface area contributed by atoms with Gasteiger partial charge < -0.3 is 20.4 Å². The van der Waals surface area contributed by atoms with E-state index in [2.05, 4.69) is 15.3 Å². The SMILES string of the molecule is C/C(=N\C=C(/C=N)c1cc(CNC(=O)C2CCC(C)N2[S+]([O-])c2ccc(F)cc2)c(O)cn1)C(F)(F)F. The van der Waals surface area contributed by atoms with Crippen LogP contribution in [0, 0.1) is 11.2 Å². The molecule has 1 saturated heterocycles. The summed E-state index contributed by atoms with van der Waals surface area (Å²) in [5.74, 6) is -1.18. The van der Waals surface area contributed by atoms with Gasteiger partial charge in [0.15, 0.2) is 4.90 Å². The highest BCUT2D eigenvalue weighted by molar-refractivity contribution is 7.89. The van der Waals surface area contributed by atoms with Crippen LogP contribution in [0.4, 0.5) is 17.6 Å². The Morgan fingerprint density at radius 1 is 1.35 bits per heavy atom. The van der Waals surface area contributed by atoms with Crippen molar-refractivity contribution in [3.8, 4) is 5.75 Å². The molecule has 0 radical (unpaired) electrons. The van der Waals surface area contributed by atoms with Crippen molar-refractivity contribution in [2.24, 2.45) is 4.99 Å². The molecule has 13 heteroatoms. The van der Waals surface area contributed by atoms with Gasteiger partial charge in [0.2, 0.25) is 5.91 Å². The van der Waals surface area contributed by atoms with Crippen LogP contribution in [0.15, 0.2) is 52.6 Å². The summed E-state index contributed by atoms with van der Waals surface area (Å²) in [6, 6.07) is 5.60. The van der Waals surface area contributed by atoms with Crippen molar-refractivity contribution in [1.29, 1.82) is 5.41 Å². The Morgan fingerprint density at radius 3 is 2.65 bits per heavy atom. The van der Waals surface area contributed by atoms with Gasteiger partial charge in [0, 0.05) is 30.1 Å². The average molecular weight is 540 g/mol. The lowest BCUT2D eigenvalue weighted by atomic mass is 10.1. The summed E-state index contributed by atoms with van der Waals surface area (Å²) < 4.78 is 66.0. The maximum Gasteiger partial charge on any atom is 0.429 e. The molecule has 0 saturated carbocycles. The van der Waals surface area contributed by atoms with Crippen LogP contribution in [-0.2, 0) is 22.7 Å². The molecular formula is C24H25F4N5O3S. The third-order valence-electron chi connectivity index (χ3n) is 5.79. The molecule has 1 amide bonds. The first-order chi connectivity index (χ1) is 17.4. The molecule has 2 heterocycles. The topological polar surface area (TPSA) is 125 Å². The fourth-order valence-corrected chi connectivity index (χ4v) is 5.14. The zero-order valence-corrected chi connectivity index (χ0v) is 20.7. The number of nitrogens with zero attached hydrogens (tertiary/aromatic N) is 3. The minimum Gasteiger partial charge on any atom is -0.593 e. The minimum atomic E-state index is -4.62. The van der Waals surface area contributed by atoms with Crippen molar-refractivity contribution in [3.05, 3.63) is 59.8 Å². The second-order valence-corrected chi connectivity index (χ2v) is 9.75. The lowest BCUT2D eigenvalue weighted by Crippen LogP contribution is -2.48. The number of aromatic nitrogens is 1. The van der Waals surface area contributed by atoms with Crippen LogP contribution < -0.4 is 5.32 Å². The molecule has 37 heavy (non-hydrogen) atoms. The molecule has 1 aliphatic heterocycles.